The van der Waals surface area contributed by atoms with Gasteiger partial charge in [0.2, 0.25) is 0 Å². The van der Waals surface area contributed by atoms with Crippen LogP contribution in [0.5, 0.6) is 23.0 Å². The molecule has 200 valence electrons. The van der Waals surface area contributed by atoms with Crippen molar-refractivity contribution in [3.63, 3.8) is 0 Å². The number of hydrogen-bond donors (Lipinski definition) is 0. The smallest absolute Gasteiger partial charge is 0.260 e. The number of nitriles is 1. The minimum atomic E-state index is -0.0743. The maximum Gasteiger partial charge on any atom is 0.260 e. The first-order valence-corrected chi connectivity index (χ1v) is 14.5. The molecule has 0 unspecified atom stereocenters. The van der Waals surface area contributed by atoms with Crippen molar-refractivity contribution in [1.82, 2.24) is 4.57 Å². The predicted molar refractivity (Wildman–Crippen MR) is 173 cm³/mol. The number of aryl methyl sites for hydroxylation is 1. The summed E-state index contributed by atoms with van der Waals surface area (Å²) < 4.78 is 15.6. The van der Waals surface area contributed by atoms with E-state index in [1.54, 1.807) is 0 Å². The van der Waals surface area contributed by atoms with Gasteiger partial charge < -0.3 is 14.0 Å². The summed E-state index contributed by atoms with van der Waals surface area (Å²) >= 11 is 0. The standard InChI is InChI=1S/C38H23BN2O2/c1-23-18-19-32-27(20-23)25-10-2-6-14-30(25)41(32)31-15-7-3-11-26(31)36-24(22-40)21-35-37-38(36)43-34-17-9-5-13-29(34)39(37)28-12-4-8-16-33(28)42-35/h2-21H,1H3. The second kappa shape index (κ2) is 8.89. The summed E-state index contributed by atoms with van der Waals surface area (Å²) in [5.74, 6) is 2.94. The highest BCUT2D eigenvalue weighted by atomic mass is 16.5. The first-order valence-electron chi connectivity index (χ1n) is 14.5. The average molecular weight is 550 g/mol. The van der Waals surface area contributed by atoms with Crippen LogP contribution in [0.3, 0.4) is 0 Å². The van der Waals surface area contributed by atoms with Gasteiger partial charge in [-0.05, 0) is 60.3 Å². The van der Waals surface area contributed by atoms with E-state index in [0.29, 0.717) is 17.1 Å². The van der Waals surface area contributed by atoms with E-state index in [1.807, 2.05) is 36.4 Å². The molecule has 0 amide bonds. The molecule has 5 heteroatoms. The van der Waals surface area contributed by atoms with E-state index in [2.05, 4.69) is 102 Å². The third kappa shape index (κ3) is 3.32. The van der Waals surface area contributed by atoms with Crippen LogP contribution in [0.25, 0.3) is 38.6 Å². The lowest BCUT2D eigenvalue weighted by molar-refractivity contribution is 0.465. The van der Waals surface area contributed by atoms with Crippen molar-refractivity contribution in [2.45, 2.75) is 6.92 Å². The Kier molecular flexibility index (Phi) is 4.94. The van der Waals surface area contributed by atoms with Crippen molar-refractivity contribution in [2.24, 2.45) is 0 Å². The molecule has 0 fully saturated rings. The molecule has 1 aromatic heterocycles. The van der Waals surface area contributed by atoms with Gasteiger partial charge >= 0.3 is 0 Å². The van der Waals surface area contributed by atoms with Crippen molar-refractivity contribution >= 4 is 44.9 Å². The van der Waals surface area contributed by atoms with Gasteiger partial charge in [-0.25, -0.2) is 0 Å². The number of ether oxygens (including phenoxy) is 2. The normalized spacial score (nSPS) is 12.6. The molecule has 7 aromatic rings. The molecular weight excluding hydrogens is 527 g/mol. The summed E-state index contributed by atoms with van der Waals surface area (Å²) in [5, 5.41) is 13.0. The Morgan fingerprint density at radius 2 is 1.33 bits per heavy atom. The fourth-order valence-electron chi connectivity index (χ4n) is 7.03. The molecule has 0 aliphatic carbocycles. The van der Waals surface area contributed by atoms with Gasteiger partial charge in [0.1, 0.15) is 29.1 Å². The second-order valence-electron chi connectivity index (χ2n) is 11.3. The number of fused-ring (bicyclic) bond motifs is 7. The fourth-order valence-corrected chi connectivity index (χ4v) is 7.03. The van der Waals surface area contributed by atoms with Crippen LogP contribution in [0.1, 0.15) is 11.1 Å². The Morgan fingerprint density at radius 1 is 0.651 bits per heavy atom. The van der Waals surface area contributed by atoms with Gasteiger partial charge in [0.05, 0.1) is 22.3 Å². The van der Waals surface area contributed by atoms with Gasteiger partial charge in [-0.15, -0.1) is 0 Å². The highest BCUT2D eigenvalue weighted by Crippen LogP contribution is 2.45. The zero-order valence-electron chi connectivity index (χ0n) is 23.3. The number of aromatic nitrogens is 1. The first kappa shape index (κ1) is 23.9. The van der Waals surface area contributed by atoms with Crippen LogP contribution in [-0.2, 0) is 0 Å². The van der Waals surface area contributed by atoms with Gasteiger partial charge in [0, 0.05) is 27.4 Å². The summed E-state index contributed by atoms with van der Waals surface area (Å²) in [6, 6.07) is 44.2. The number of nitrogens with zero attached hydrogens (tertiary/aromatic N) is 2. The molecule has 0 atom stereocenters. The number of para-hydroxylation sites is 4. The van der Waals surface area contributed by atoms with E-state index in [-0.39, 0.29) is 6.71 Å². The Balaban J connectivity index is 1.38. The third-order valence-electron chi connectivity index (χ3n) is 8.83. The highest BCUT2D eigenvalue weighted by Gasteiger charge is 2.42. The minimum Gasteiger partial charge on any atom is -0.458 e. The molecule has 0 radical (unpaired) electrons. The number of hydrogen-bond acceptors (Lipinski definition) is 3. The molecule has 0 spiro atoms. The van der Waals surface area contributed by atoms with Gasteiger partial charge in [0.15, 0.2) is 0 Å². The number of benzene rings is 6. The summed E-state index contributed by atoms with van der Waals surface area (Å²) in [6.07, 6.45) is 0. The van der Waals surface area contributed by atoms with Crippen molar-refractivity contribution in [3.05, 3.63) is 132 Å². The van der Waals surface area contributed by atoms with Crippen LogP contribution < -0.4 is 25.9 Å². The second-order valence-corrected chi connectivity index (χ2v) is 11.3. The monoisotopic (exact) mass is 550 g/mol. The molecule has 3 heterocycles. The summed E-state index contributed by atoms with van der Waals surface area (Å²) in [5.41, 5.74) is 9.79. The molecular formula is C38H23BN2O2. The maximum absolute atomic E-state index is 10.6. The largest absolute Gasteiger partial charge is 0.458 e. The SMILES string of the molecule is Cc1ccc2c(c1)c1ccccc1n2-c1ccccc1-c1c(C#N)cc2c3c1Oc1ccccc1B3c1ccccc1O2. The van der Waals surface area contributed by atoms with Crippen molar-refractivity contribution < 1.29 is 9.47 Å². The highest BCUT2D eigenvalue weighted by molar-refractivity contribution is 6.98. The van der Waals surface area contributed by atoms with Gasteiger partial charge in [-0.3, -0.25) is 0 Å². The molecule has 2 aliphatic heterocycles. The van der Waals surface area contributed by atoms with E-state index in [1.165, 1.54) is 16.3 Å². The Labute approximate surface area is 249 Å². The lowest BCUT2D eigenvalue weighted by Crippen LogP contribution is -2.57. The molecule has 9 rings (SSSR count). The molecule has 4 nitrogen and oxygen atoms in total. The Morgan fingerprint density at radius 3 is 2.14 bits per heavy atom. The zero-order valence-corrected chi connectivity index (χ0v) is 23.3. The lowest BCUT2D eigenvalue weighted by atomic mass is 9.34. The lowest BCUT2D eigenvalue weighted by Gasteiger charge is -2.34. The molecule has 0 N–H and O–H groups in total. The van der Waals surface area contributed by atoms with E-state index in [0.717, 1.165) is 55.7 Å². The van der Waals surface area contributed by atoms with Crippen molar-refractivity contribution in [3.8, 4) is 45.9 Å². The van der Waals surface area contributed by atoms with Crippen LogP contribution in [-0.4, -0.2) is 11.3 Å². The van der Waals surface area contributed by atoms with Crippen LogP contribution in [0.2, 0.25) is 0 Å². The molecule has 0 saturated heterocycles. The van der Waals surface area contributed by atoms with Gasteiger partial charge in [-0.1, -0.05) is 84.4 Å². The van der Waals surface area contributed by atoms with Gasteiger partial charge in [-0.2, -0.15) is 5.26 Å². The summed E-state index contributed by atoms with van der Waals surface area (Å²) in [4.78, 5) is 0. The van der Waals surface area contributed by atoms with Crippen LogP contribution in [0.4, 0.5) is 0 Å². The summed E-state index contributed by atoms with van der Waals surface area (Å²) in [7, 11) is 0. The molecule has 2 aliphatic rings. The topological polar surface area (TPSA) is 47.2 Å². The maximum atomic E-state index is 10.6. The molecule has 43 heavy (non-hydrogen) atoms. The van der Waals surface area contributed by atoms with E-state index >= 15 is 0 Å². The van der Waals surface area contributed by atoms with E-state index in [9.17, 15) is 5.26 Å². The minimum absolute atomic E-state index is 0.0743. The van der Waals surface area contributed by atoms with E-state index in [4.69, 9.17) is 9.47 Å². The molecule has 6 aromatic carbocycles. The quantitative estimate of drug-likeness (QED) is 0.211. The Bertz CT molecular complexity index is 2340. The van der Waals surface area contributed by atoms with Crippen LogP contribution in [0, 0.1) is 18.3 Å². The molecule has 0 bridgehead atoms. The van der Waals surface area contributed by atoms with Crippen molar-refractivity contribution in [1.29, 1.82) is 5.26 Å². The fraction of sp³-hybridized carbons (Fsp3) is 0.0263. The van der Waals surface area contributed by atoms with Crippen LogP contribution in [0.15, 0.2) is 121 Å². The average Bonchev–Trinajstić information content (AvgIpc) is 3.37. The van der Waals surface area contributed by atoms with Gasteiger partial charge in [0.25, 0.3) is 6.71 Å². The van der Waals surface area contributed by atoms with Crippen molar-refractivity contribution in [2.75, 3.05) is 0 Å². The third-order valence-corrected chi connectivity index (χ3v) is 8.83. The first-order chi connectivity index (χ1) is 21.2. The Hall–Kier alpha value is -5.73. The van der Waals surface area contributed by atoms with E-state index < -0.39 is 0 Å². The molecule has 0 saturated carbocycles. The summed E-state index contributed by atoms with van der Waals surface area (Å²) in [6.45, 7) is 2.05. The predicted octanol–water partition coefficient (Wildman–Crippen LogP) is 7.36. The number of rotatable bonds is 2. The van der Waals surface area contributed by atoms with Crippen LogP contribution >= 0.6 is 0 Å². The zero-order chi connectivity index (χ0) is 28.7.